The van der Waals surface area contributed by atoms with E-state index in [0.29, 0.717) is 19.4 Å². The zero-order valence-electron chi connectivity index (χ0n) is 15.7. The molecule has 0 amide bonds. The first kappa shape index (κ1) is 20.6. The van der Waals surface area contributed by atoms with Crippen molar-refractivity contribution in [3.63, 3.8) is 0 Å². The molecule has 0 spiro atoms. The molecule has 1 aliphatic heterocycles. The fourth-order valence-corrected chi connectivity index (χ4v) is 3.41. The van der Waals surface area contributed by atoms with Crippen molar-refractivity contribution >= 4 is 0 Å². The van der Waals surface area contributed by atoms with Crippen molar-refractivity contribution in [1.82, 2.24) is 0 Å². The van der Waals surface area contributed by atoms with Gasteiger partial charge in [-0.2, -0.15) is 0 Å². The monoisotopic (exact) mass is 366 g/mol. The van der Waals surface area contributed by atoms with E-state index in [1.54, 1.807) is 12.2 Å². The lowest BCUT2D eigenvalue weighted by Crippen LogP contribution is -2.66. The van der Waals surface area contributed by atoms with Crippen molar-refractivity contribution < 1.29 is 18.9 Å². The summed E-state index contributed by atoms with van der Waals surface area (Å²) >= 11 is 0. The van der Waals surface area contributed by atoms with E-state index in [1.165, 1.54) is 0 Å². The summed E-state index contributed by atoms with van der Waals surface area (Å²) < 4.78 is 23.8. The molecule has 1 aromatic rings. The lowest BCUT2D eigenvalue weighted by atomic mass is 9.81. The topological polar surface area (TPSA) is 36.9 Å². The largest absolute Gasteiger partial charge is 0.438 e. The number of rotatable bonds is 9. The van der Waals surface area contributed by atoms with Crippen LogP contribution in [0.3, 0.4) is 0 Å². The molecule has 1 fully saturated rings. The molecule has 0 bridgehead atoms. The number of terminal acetylenes is 2. The maximum atomic E-state index is 6.27. The lowest BCUT2D eigenvalue weighted by molar-refractivity contribution is -0.272. The van der Waals surface area contributed by atoms with Gasteiger partial charge >= 0.3 is 0 Å². The van der Waals surface area contributed by atoms with Crippen LogP contribution in [0.2, 0.25) is 0 Å². The summed E-state index contributed by atoms with van der Waals surface area (Å²) in [7, 11) is 0. The van der Waals surface area contributed by atoms with Crippen LogP contribution in [0.1, 0.15) is 25.3 Å². The normalized spacial score (nSPS) is 29.7. The van der Waals surface area contributed by atoms with E-state index >= 15 is 0 Å². The predicted molar refractivity (Wildman–Crippen MR) is 105 cm³/mol. The number of benzene rings is 1. The van der Waals surface area contributed by atoms with E-state index in [-0.39, 0.29) is 12.2 Å². The highest BCUT2D eigenvalue weighted by Crippen LogP contribution is 2.39. The Bertz CT molecular complexity index is 699. The maximum Gasteiger partial charge on any atom is 0.174 e. The first-order valence-electron chi connectivity index (χ1n) is 8.88. The molecule has 27 heavy (non-hydrogen) atoms. The average molecular weight is 366 g/mol. The van der Waals surface area contributed by atoms with E-state index in [0.717, 1.165) is 5.56 Å². The van der Waals surface area contributed by atoms with Gasteiger partial charge in [0.1, 0.15) is 30.5 Å². The fourth-order valence-electron chi connectivity index (χ4n) is 3.41. The van der Waals surface area contributed by atoms with E-state index in [1.807, 2.05) is 37.3 Å². The molecule has 0 N–H and O–H groups in total. The molecule has 2 rings (SSSR count). The molecule has 1 saturated heterocycles. The minimum Gasteiger partial charge on any atom is -0.438 e. The average Bonchev–Trinajstić information content (AvgIpc) is 2.66. The van der Waals surface area contributed by atoms with Gasteiger partial charge in [-0.1, -0.05) is 55.3 Å². The molecule has 1 heterocycles. The molecule has 1 aromatic carbocycles. The van der Waals surface area contributed by atoms with E-state index in [2.05, 4.69) is 25.4 Å². The van der Waals surface area contributed by atoms with Gasteiger partial charge in [0.2, 0.25) is 0 Å². The van der Waals surface area contributed by atoms with Gasteiger partial charge in [-0.05, 0) is 25.3 Å². The third-order valence-corrected chi connectivity index (χ3v) is 4.74. The molecule has 1 aliphatic rings. The van der Waals surface area contributed by atoms with E-state index in [9.17, 15) is 0 Å². The van der Waals surface area contributed by atoms with Crippen molar-refractivity contribution in [3.05, 3.63) is 61.2 Å². The van der Waals surface area contributed by atoms with Crippen LogP contribution >= 0.6 is 0 Å². The highest BCUT2D eigenvalue weighted by molar-refractivity contribution is 5.14. The summed E-state index contributed by atoms with van der Waals surface area (Å²) in [5.41, 5.74) is 0.0590. The Hall–Kier alpha value is -2.66. The SMILES string of the molecule is C#CO[C@@H]1[C@@H](CC=C)O[C@@H](CC=C)[C@](C)(OC#C)[C@H]1OCc1ccccc1. The summed E-state index contributed by atoms with van der Waals surface area (Å²) in [4.78, 5) is 0. The fraction of sp³-hybridized carbons (Fsp3) is 0.391. The van der Waals surface area contributed by atoms with Crippen LogP contribution in [-0.4, -0.2) is 30.0 Å². The second-order valence-electron chi connectivity index (χ2n) is 6.53. The van der Waals surface area contributed by atoms with E-state index in [4.69, 9.17) is 31.8 Å². The molecule has 0 aliphatic carbocycles. The van der Waals surface area contributed by atoms with Crippen LogP contribution in [0.25, 0.3) is 0 Å². The summed E-state index contributed by atoms with van der Waals surface area (Å²) in [6.07, 6.45) is 18.3. The summed E-state index contributed by atoms with van der Waals surface area (Å²) in [5.74, 6) is 0. The molecule has 4 heteroatoms. The van der Waals surface area contributed by atoms with Gasteiger partial charge in [-0.3, -0.25) is 0 Å². The predicted octanol–water partition coefficient (Wildman–Crippen LogP) is 3.83. The van der Waals surface area contributed by atoms with Gasteiger partial charge in [-0.25, -0.2) is 0 Å². The zero-order valence-corrected chi connectivity index (χ0v) is 15.7. The lowest BCUT2D eigenvalue weighted by Gasteiger charge is -2.50. The zero-order chi connectivity index (χ0) is 19.7. The van der Waals surface area contributed by atoms with Crippen LogP contribution in [0, 0.1) is 25.1 Å². The highest BCUT2D eigenvalue weighted by atomic mass is 16.6. The smallest absolute Gasteiger partial charge is 0.174 e. The first-order chi connectivity index (χ1) is 13.1. The minimum atomic E-state index is -0.961. The van der Waals surface area contributed by atoms with Crippen LogP contribution < -0.4 is 0 Å². The summed E-state index contributed by atoms with van der Waals surface area (Å²) in [6.45, 7) is 9.83. The molecule has 142 valence electrons. The third kappa shape index (κ3) is 4.74. The van der Waals surface area contributed by atoms with Crippen LogP contribution in [0.4, 0.5) is 0 Å². The number of ether oxygens (including phenoxy) is 4. The molecule has 4 nitrogen and oxygen atoms in total. The van der Waals surface area contributed by atoms with Crippen molar-refractivity contribution in [3.8, 4) is 25.1 Å². The molecule has 0 unspecified atom stereocenters. The van der Waals surface area contributed by atoms with Gasteiger partial charge in [0.05, 0.1) is 6.61 Å². The Morgan fingerprint density at radius 1 is 1.15 bits per heavy atom. The summed E-state index contributed by atoms with van der Waals surface area (Å²) in [6, 6.07) is 9.83. The van der Waals surface area contributed by atoms with Gasteiger partial charge in [0, 0.05) is 0 Å². The third-order valence-electron chi connectivity index (χ3n) is 4.74. The van der Waals surface area contributed by atoms with Crippen LogP contribution in [-0.2, 0) is 25.6 Å². The summed E-state index contributed by atoms with van der Waals surface area (Å²) in [5, 5.41) is 0. The molecular formula is C23H26O4. The highest BCUT2D eigenvalue weighted by Gasteiger charge is 2.56. The van der Waals surface area contributed by atoms with Gasteiger partial charge in [-0.15, -0.1) is 13.2 Å². The van der Waals surface area contributed by atoms with Gasteiger partial charge < -0.3 is 18.9 Å². The quantitative estimate of drug-likeness (QED) is 0.492. The van der Waals surface area contributed by atoms with Gasteiger partial charge in [0.25, 0.3) is 0 Å². The molecule has 0 radical (unpaired) electrons. The molecular weight excluding hydrogens is 340 g/mol. The minimum absolute atomic E-state index is 0.335. The Morgan fingerprint density at radius 3 is 2.44 bits per heavy atom. The Balaban J connectivity index is 2.38. The second kappa shape index (κ2) is 9.88. The van der Waals surface area contributed by atoms with Crippen molar-refractivity contribution in [2.24, 2.45) is 0 Å². The molecule has 5 atom stereocenters. The van der Waals surface area contributed by atoms with Gasteiger partial charge in [0.15, 0.2) is 11.7 Å². The Kier molecular flexibility index (Phi) is 7.55. The molecule has 0 saturated carbocycles. The van der Waals surface area contributed by atoms with Crippen molar-refractivity contribution in [2.75, 3.05) is 0 Å². The van der Waals surface area contributed by atoms with Crippen LogP contribution in [0.15, 0.2) is 55.6 Å². The van der Waals surface area contributed by atoms with E-state index < -0.39 is 17.8 Å². The molecule has 0 aromatic heterocycles. The van der Waals surface area contributed by atoms with Crippen molar-refractivity contribution in [1.29, 1.82) is 0 Å². The van der Waals surface area contributed by atoms with Crippen molar-refractivity contribution in [2.45, 2.75) is 56.4 Å². The Morgan fingerprint density at radius 2 is 1.85 bits per heavy atom. The second-order valence-corrected chi connectivity index (χ2v) is 6.53. The first-order valence-corrected chi connectivity index (χ1v) is 8.88. The standard InChI is InChI=1S/C23H26O4/c1-6-13-19-21(24-8-3)22(25-17-18-15-11-10-12-16-18)23(5,26-9-4)20(27-19)14-7-2/h3-4,6-7,10-12,15-16,19-22H,1-2,13-14,17H2,5H3/t19-,20+,21-,22+,23+/m1/s1. The number of hydrogen-bond donors (Lipinski definition) is 0. The van der Waals surface area contributed by atoms with Crippen LogP contribution in [0.5, 0.6) is 0 Å². The number of hydrogen-bond acceptors (Lipinski definition) is 4. The Labute approximate surface area is 162 Å². The maximum absolute atomic E-state index is 6.27.